The largest absolute Gasteiger partial charge is 0.387 e. The Labute approximate surface area is 173 Å². The summed E-state index contributed by atoms with van der Waals surface area (Å²) in [5.74, 6) is -0.254. The fourth-order valence-electron chi connectivity index (χ4n) is 4.36. The van der Waals surface area contributed by atoms with Crippen molar-refractivity contribution in [2.45, 2.75) is 69.7 Å². The minimum atomic E-state index is -1.42. The number of imidazole rings is 1. The molecular formula is C19H28N6O5. The van der Waals surface area contributed by atoms with E-state index in [0.29, 0.717) is 13.0 Å². The van der Waals surface area contributed by atoms with Crippen LogP contribution >= 0.6 is 0 Å². The molecule has 4 rings (SSSR count). The molecule has 2 fully saturated rings. The van der Waals surface area contributed by atoms with Gasteiger partial charge in [-0.2, -0.15) is 0 Å². The van der Waals surface area contributed by atoms with Crippen molar-refractivity contribution in [3.05, 3.63) is 12.2 Å². The van der Waals surface area contributed by atoms with Gasteiger partial charge in [0.25, 0.3) is 5.91 Å². The molecule has 1 amide bonds. The van der Waals surface area contributed by atoms with E-state index in [-0.39, 0.29) is 28.7 Å². The standard InChI is InChI=1S/C19H28N6O5/c1-3-21-16(28)13-11(26)12(27)17(30-13)25-8-22-10-14(20)23-18(24-15(10)25)19(29)7-5-4-6-9(19)2/h8-9,11-13,17,26-27,29H,3-7H2,1-2H3,(H,21,28)(H2,20,23,24)/t9?,11-,12?,13+,17-,19?/m1/s1. The van der Waals surface area contributed by atoms with Gasteiger partial charge in [0, 0.05) is 6.54 Å². The maximum absolute atomic E-state index is 12.2. The number of hydrogen-bond donors (Lipinski definition) is 5. The van der Waals surface area contributed by atoms with Gasteiger partial charge in [-0.1, -0.05) is 19.8 Å². The molecule has 1 aliphatic carbocycles. The Hall–Kier alpha value is -2.34. The lowest BCUT2D eigenvalue weighted by Crippen LogP contribution is -2.42. The van der Waals surface area contributed by atoms with Gasteiger partial charge < -0.3 is 31.1 Å². The second-order valence-electron chi connectivity index (χ2n) is 8.15. The van der Waals surface area contributed by atoms with Gasteiger partial charge in [0.1, 0.15) is 23.3 Å². The van der Waals surface area contributed by atoms with Gasteiger partial charge in [0.15, 0.2) is 29.6 Å². The topological polar surface area (TPSA) is 169 Å². The predicted octanol–water partition coefficient (Wildman–Crippen LogP) is -0.438. The monoisotopic (exact) mass is 420 g/mol. The highest BCUT2D eigenvalue weighted by atomic mass is 16.6. The zero-order valence-electron chi connectivity index (χ0n) is 17.0. The minimum Gasteiger partial charge on any atom is -0.387 e. The summed E-state index contributed by atoms with van der Waals surface area (Å²) in [6.07, 6.45) is -0.509. The molecule has 2 aromatic rings. The van der Waals surface area contributed by atoms with Crippen molar-refractivity contribution in [3.63, 3.8) is 0 Å². The zero-order chi connectivity index (χ0) is 21.6. The van der Waals surface area contributed by atoms with E-state index in [1.807, 2.05) is 6.92 Å². The first kappa shape index (κ1) is 20.9. The van der Waals surface area contributed by atoms with Crippen LogP contribution in [0.1, 0.15) is 51.6 Å². The SMILES string of the molecule is CCNC(=O)[C@H]1O[C@@H](n2cnc3c(N)nc(C4(O)CCCCC4C)nc32)C(O)[C@H]1O. The van der Waals surface area contributed by atoms with Gasteiger partial charge in [0.05, 0.1) is 6.33 Å². The van der Waals surface area contributed by atoms with Crippen molar-refractivity contribution < 1.29 is 24.9 Å². The number of nitrogens with zero attached hydrogens (tertiary/aromatic N) is 4. The highest BCUT2D eigenvalue weighted by molar-refractivity contribution is 5.83. The Morgan fingerprint density at radius 1 is 1.37 bits per heavy atom. The number of amides is 1. The molecule has 0 radical (unpaired) electrons. The summed E-state index contributed by atoms with van der Waals surface area (Å²) in [6, 6.07) is 0. The first-order valence-electron chi connectivity index (χ1n) is 10.3. The molecular weight excluding hydrogens is 392 g/mol. The Morgan fingerprint density at radius 3 is 2.83 bits per heavy atom. The number of aliphatic hydroxyl groups is 3. The van der Waals surface area contributed by atoms with Crippen molar-refractivity contribution in [3.8, 4) is 0 Å². The first-order chi connectivity index (χ1) is 14.3. The number of aromatic nitrogens is 4. The van der Waals surface area contributed by atoms with Crippen LogP contribution in [0.4, 0.5) is 5.82 Å². The summed E-state index contributed by atoms with van der Waals surface area (Å²) in [6.45, 7) is 4.07. The van der Waals surface area contributed by atoms with Crippen molar-refractivity contribution in [2.75, 3.05) is 12.3 Å². The number of fused-ring (bicyclic) bond motifs is 1. The summed E-state index contributed by atoms with van der Waals surface area (Å²) < 4.78 is 7.09. The summed E-state index contributed by atoms with van der Waals surface area (Å²) in [4.78, 5) is 25.2. The fourth-order valence-corrected chi connectivity index (χ4v) is 4.36. The second kappa shape index (κ2) is 7.73. The van der Waals surface area contributed by atoms with Crippen molar-refractivity contribution >= 4 is 22.9 Å². The minimum absolute atomic E-state index is 0.0447. The van der Waals surface area contributed by atoms with Gasteiger partial charge in [-0.25, -0.2) is 15.0 Å². The maximum atomic E-state index is 12.2. The molecule has 3 unspecified atom stereocenters. The van der Waals surface area contributed by atoms with Crippen LogP contribution in [-0.2, 0) is 15.1 Å². The average molecular weight is 420 g/mol. The van der Waals surface area contributed by atoms with E-state index in [1.165, 1.54) is 10.9 Å². The van der Waals surface area contributed by atoms with Crippen LogP contribution in [0.15, 0.2) is 6.33 Å². The summed E-state index contributed by atoms with van der Waals surface area (Å²) in [7, 11) is 0. The maximum Gasteiger partial charge on any atom is 0.252 e. The smallest absolute Gasteiger partial charge is 0.252 e. The molecule has 11 heteroatoms. The van der Waals surface area contributed by atoms with Gasteiger partial charge in [0.2, 0.25) is 0 Å². The van der Waals surface area contributed by atoms with Crippen LogP contribution in [-0.4, -0.2) is 65.6 Å². The third-order valence-electron chi connectivity index (χ3n) is 6.22. The van der Waals surface area contributed by atoms with Crippen molar-refractivity contribution in [1.29, 1.82) is 0 Å². The molecule has 164 valence electrons. The van der Waals surface area contributed by atoms with Crippen molar-refractivity contribution in [1.82, 2.24) is 24.8 Å². The number of nitrogen functional groups attached to an aromatic ring is 1. The van der Waals surface area contributed by atoms with E-state index in [2.05, 4.69) is 20.3 Å². The van der Waals surface area contributed by atoms with Crippen LogP contribution in [0.2, 0.25) is 0 Å². The summed E-state index contributed by atoms with van der Waals surface area (Å²) in [5.41, 5.74) is 5.44. The Bertz CT molecular complexity index is 951. The average Bonchev–Trinajstić information content (AvgIpc) is 3.26. The normalized spacial score (nSPS) is 34.4. The van der Waals surface area contributed by atoms with E-state index in [0.717, 1.165) is 19.3 Å². The zero-order valence-corrected chi connectivity index (χ0v) is 17.0. The molecule has 1 saturated carbocycles. The summed E-state index contributed by atoms with van der Waals surface area (Å²) >= 11 is 0. The quantitative estimate of drug-likeness (QED) is 0.440. The lowest BCUT2D eigenvalue weighted by Gasteiger charge is -2.36. The highest BCUT2D eigenvalue weighted by Gasteiger charge is 2.48. The van der Waals surface area contributed by atoms with E-state index >= 15 is 0 Å². The molecule has 0 bridgehead atoms. The number of ether oxygens (including phenoxy) is 1. The third-order valence-corrected chi connectivity index (χ3v) is 6.22. The molecule has 11 nitrogen and oxygen atoms in total. The van der Waals surface area contributed by atoms with E-state index in [1.54, 1.807) is 6.92 Å². The van der Waals surface area contributed by atoms with E-state index in [4.69, 9.17) is 10.5 Å². The predicted molar refractivity (Wildman–Crippen MR) is 106 cm³/mol. The van der Waals surface area contributed by atoms with Crippen molar-refractivity contribution in [2.24, 2.45) is 5.92 Å². The number of aliphatic hydroxyl groups excluding tert-OH is 2. The number of nitrogens with two attached hydrogens (primary N) is 1. The number of likely N-dealkylation sites (N-methyl/N-ethyl adjacent to an activating group) is 1. The molecule has 0 aromatic carbocycles. The molecule has 1 aliphatic heterocycles. The lowest BCUT2D eigenvalue weighted by molar-refractivity contribution is -0.137. The second-order valence-corrected chi connectivity index (χ2v) is 8.15. The number of carbonyl (C=O) groups excluding carboxylic acids is 1. The number of nitrogens with one attached hydrogen (secondary N) is 1. The van der Waals surface area contributed by atoms with Crippen LogP contribution in [0, 0.1) is 5.92 Å². The first-order valence-corrected chi connectivity index (χ1v) is 10.3. The Balaban J connectivity index is 1.74. The summed E-state index contributed by atoms with van der Waals surface area (Å²) in [5, 5.41) is 34.7. The molecule has 0 spiro atoms. The molecule has 30 heavy (non-hydrogen) atoms. The number of hydrogen-bond acceptors (Lipinski definition) is 9. The van der Waals surface area contributed by atoms with Gasteiger partial charge in [-0.05, 0) is 25.7 Å². The molecule has 2 aliphatic rings. The lowest BCUT2D eigenvalue weighted by atomic mass is 9.76. The number of anilines is 1. The fraction of sp³-hybridized carbons (Fsp3) is 0.684. The van der Waals surface area contributed by atoms with E-state index in [9.17, 15) is 20.1 Å². The molecule has 1 saturated heterocycles. The number of carbonyl (C=O) groups is 1. The van der Waals surface area contributed by atoms with Crippen LogP contribution < -0.4 is 11.1 Å². The van der Waals surface area contributed by atoms with E-state index < -0.39 is 36.0 Å². The Kier molecular flexibility index (Phi) is 5.39. The Morgan fingerprint density at radius 2 is 2.13 bits per heavy atom. The van der Waals surface area contributed by atoms with Gasteiger partial charge in [-0.15, -0.1) is 0 Å². The van der Waals surface area contributed by atoms with Crippen LogP contribution in [0.5, 0.6) is 0 Å². The highest BCUT2D eigenvalue weighted by Crippen LogP contribution is 2.41. The van der Waals surface area contributed by atoms with Crippen LogP contribution in [0.25, 0.3) is 11.2 Å². The van der Waals surface area contributed by atoms with Crippen LogP contribution in [0.3, 0.4) is 0 Å². The van der Waals surface area contributed by atoms with Gasteiger partial charge in [-0.3, -0.25) is 9.36 Å². The molecule has 6 atom stereocenters. The molecule has 2 aromatic heterocycles. The van der Waals surface area contributed by atoms with Gasteiger partial charge >= 0.3 is 0 Å². The molecule has 3 heterocycles. The third kappa shape index (κ3) is 3.22. The number of rotatable bonds is 4. The molecule has 6 N–H and O–H groups in total.